The van der Waals surface area contributed by atoms with Gasteiger partial charge in [-0.25, -0.2) is 0 Å². The van der Waals surface area contributed by atoms with Crippen LogP contribution in [0.25, 0.3) is 0 Å². The zero-order valence-electron chi connectivity index (χ0n) is 12.0. The Hall–Kier alpha value is -2.15. The number of rotatable bonds is 5. The van der Waals surface area contributed by atoms with E-state index in [-0.39, 0.29) is 30.3 Å². The predicted molar refractivity (Wildman–Crippen MR) is 78.6 cm³/mol. The number of hydrogen-bond donors (Lipinski definition) is 1. The Morgan fingerprint density at radius 3 is 2.67 bits per heavy atom. The van der Waals surface area contributed by atoms with E-state index in [1.54, 1.807) is 19.2 Å². The monoisotopic (exact) mass is 293 g/mol. The number of nitro groups is 1. The zero-order chi connectivity index (χ0) is 15.4. The van der Waals surface area contributed by atoms with E-state index < -0.39 is 4.92 Å². The Morgan fingerprint density at radius 1 is 1.43 bits per heavy atom. The molecule has 0 aliphatic carbocycles. The van der Waals surface area contributed by atoms with Crippen LogP contribution in [0.4, 0.5) is 11.4 Å². The molecular weight excluding hydrogens is 274 g/mol. The van der Waals surface area contributed by atoms with Crippen molar-refractivity contribution in [2.75, 3.05) is 38.2 Å². The van der Waals surface area contributed by atoms with Gasteiger partial charge in [0, 0.05) is 38.3 Å². The van der Waals surface area contributed by atoms with E-state index in [2.05, 4.69) is 0 Å². The Bertz CT molecular complexity index is 541. The standard InChI is InChI=1S/C14H19N3O4/c1-15(8-9-18)14(19)11-4-5-12(13(10-11)17(20)21)16-6-2-3-7-16/h4-5,10,18H,2-3,6-9H2,1H3. The third-order valence-electron chi connectivity index (χ3n) is 3.65. The molecule has 1 fully saturated rings. The first-order valence-corrected chi connectivity index (χ1v) is 6.94. The van der Waals surface area contributed by atoms with Crippen LogP contribution in [0.2, 0.25) is 0 Å². The molecule has 0 atom stereocenters. The van der Waals surface area contributed by atoms with Crippen molar-refractivity contribution in [1.29, 1.82) is 0 Å². The molecule has 1 aromatic carbocycles. The molecule has 1 N–H and O–H groups in total. The maximum Gasteiger partial charge on any atom is 0.293 e. The molecule has 0 unspecified atom stereocenters. The summed E-state index contributed by atoms with van der Waals surface area (Å²) in [6.07, 6.45) is 2.05. The Labute approximate surface area is 122 Å². The van der Waals surface area contributed by atoms with Gasteiger partial charge in [-0.3, -0.25) is 14.9 Å². The van der Waals surface area contributed by atoms with Gasteiger partial charge < -0.3 is 14.9 Å². The van der Waals surface area contributed by atoms with E-state index >= 15 is 0 Å². The molecule has 1 heterocycles. The lowest BCUT2D eigenvalue weighted by atomic mass is 10.1. The van der Waals surface area contributed by atoms with Crippen molar-refractivity contribution in [3.8, 4) is 0 Å². The van der Waals surface area contributed by atoms with Gasteiger partial charge in [0.1, 0.15) is 5.69 Å². The number of aliphatic hydroxyl groups excluding tert-OH is 1. The lowest BCUT2D eigenvalue weighted by Crippen LogP contribution is -2.29. The van der Waals surface area contributed by atoms with Crippen LogP contribution in [-0.2, 0) is 0 Å². The molecule has 2 rings (SSSR count). The van der Waals surface area contributed by atoms with Crippen LogP contribution >= 0.6 is 0 Å². The van der Waals surface area contributed by atoms with Gasteiger partial charge in [-0.05, 0) is 25.0 Å². The van der Waals surface area contributed by atoms with Crippen LogP contribution in [0, 0.1) is 10.1 Å². The molecule has 114 valence electrons. The molecular formula is C14H19N3O4. The Balaban J connectivity index is 2.31. The summed E-state index contributed by atoms with van der Waals surface area (Å²) >= 11 is 0. The van der Waals surface area contributed by atoms with Crippen molar-refractivity contribution in [3.05, 3.63) is 33.9 Å². The third kappa shape index (κ3) is 3.30. The summed E-state index contributed by atoms with van der Waals surface area (Å²) < 4.78 is 0. The lowest BCUT2D eigenvalue weighted by Gasteiger charge is -2.19. The first-order chi connectivity index (χ1) is 10.0. The maximum absolute atomic E-state index is 12.1. The average Bonchev–Trinajstić information content (AvgIpc) is 3.00. The highest BCUT2D eigenvalue weighted by atomic mass is 16.6. The maximum atomic E-state index is 12.1. The van der Waals surface area contributed by atoms with E-state index in [4.69, 9.17) is 5.11 Å². The number of carbonyl (C=O) groups is 1. The highest BCUT2D eigenvalue weighted by molar-refractivity contribution is 5.95. The minimum Gasteiger partial charge on any atom is -0.395 e. The second kappa shape index (κ2) is 6.53. The van der Waals surface area contributed by atoms with Crippen LogP contribution in [-0.4, -0.2) is 54.1 Å². The molecule has 0 bridgehead atoms. The molecule has 1 aliphatic rings. The first-order valence-electron chi connectivity index (χ1n) is 6.94. The SMILES string of the molecule is CN(CCO)C(=O)c1ccc(N2CCCC2)c([N+](=O)[O-])c1. The predicted octanol–water partition coefficient (Wildman–Crippen LogP) is 1.26. The van der Waals surface area contributed by atoms with Crippen molar-refractivity contribution < 1.29 is 14.8 Å². The molecule has 7 nitrogen and oxygen atoms in total. The number of hydrogen-bond acceptors (Lipinski definition) is 5. The van der Waals surface area contributed by atoms with Crippen LogP contribution in [0.5, 0.6) is 0 Å². The minimum absolute atomic E-state index is 0.0415. The topological polar surface area (TPSA) is 86.9 Å². The highest BCUT2D eigenvalue weighted by Gasteiger charge is 2.24. The molecule has 1 amide bonds. The molecule has 1 aromatic rings. The molecule has 0 saturated carbocycles. The number of likely N-dealkylation sites (N-methyl/N-ethyl adjacent to an activating group) is 1. The number of nitro benzene ring substituents is 1. The van der Waals surface area contributed by atoms with Crippen LogP contribution < -0.4 is 4.90 Å². The molecule has 7 heteroatoms. The van der Waals surface area contributed by atoms with Gasteiger partial charge in [0.15, 0.2) is 0 Å². The van der Waals surface area contributed by atoms with Crippen LogP contribution in [0.15, 0.2) is 18.2 Å². The number of nitrogens with zero attached hydrogens (tertiary/aromatic N) is 3. The summed E-state index contributed by atoms with van der Waals surface area (Å²) in [5.74, 6) is -0.333. The summed E-state index contributed by atoms with van der Waals surface area (Å²) in [4.78, 5) is 26.3. The van der Waals surface area contributed by atoms with Crippen LogP contribution in [0.3, 0.4) is 0 Å². The summed E-state index contributed by atoms with van der Waals surface area (Å²) in [6, 6.07) is 4.57. The van der Waals surface area contributed by atoms with Crippen molar-refractivity contribution in [1.82, 2.24) is 4.90 Å². The molecule has 0 aromatic heterocycles. The fourth-order valence-corrected chi connectivity index (χ4v) is 2.50. The average molecular weight is 293 g/mol. The van der Waals surface area contributed by atoms with Crippen molar-refractivity contribution in [2.24, 2.45) is 0 Å². The number of aliphatic hydroxyl groups is 1. The van der Waals surface area contributed by atoms with Crippen molar-refractivity contribution in [2.45, 2.75) is 12.8 Å². The normalized spacial score (nSPS) is 14.3. The summed E-state index contributed by atoms with van der Waals surface area (Å²) in [5.41, 5.74) is 0.791. The largest absolute Gasteiger partial charge is 0.395 e. The number of amides is 1. The summed E-state index contributed by atoms with van der Waals surface area (Å²) in [5, 5.41) is 20.1. The van der Waals surface area contributed by atoms with Crippen molar-refractivity contribution >= 4 is 17.3 Å². The Morgan fingerprint density at radius 2 is 2.10 bits per heavy atom. The highest BCUT2D eigenvalue weighted by Crippen LogP contribution is 2.31. The number of benzene rings is 1. The lowest BCUT2D eigenvalue weighted by molar-refractivity contribution is -0.384. The van der Waals surface area contributed by atoms with Gasteiger partial charge in [0.25, 0.3) is 11.6 Å². The zero-order valence-corrected chi connectivity index (χ0v) is 12.0. The van der Waals surface area contributed by atoms with Crippen LogP contribution in [0.1, 0.15) is 23.2 Å². The fourth-order valence-electron chi connectivity index (χ4n) is 2.50. The summed E-state index contributed by atoms with van der Waals surface area (Å²) in [6.45, 7) is 1.66. The minimum atomic E-state index is -0.448. The summed E-state index contributed by atoms with van der Waals surface area (Å²) in [7, 11) is 1.55. The molecule has 21 heavy (non-hydrogen) atoms. The molecule has 0 radical (unpaired) electrons. The quantitative estimate of drug-likeness (QED) is 0.652. The smallest absolute Gasteiger partial charge is 0.293 e. The molecule has 0 spiro atoms. The van der Waals surface area contributed by atoms with E-state index in [9.17, 15) is 14.9 Å². The van der Waals surface area contributed by atoms with E-state index in [1.165, 1.54) is 11.0 Å². The van der Waals surface area contributed by atoms with Gasteiger partial charge in [0.2, 0.25) is 0 Å². The van der Waals surface area contributed by atoms with Gasteiger partial charge in [-0.2, -0.15) is 0 Å². The Kier molecular flexibility index (Phi) is 4.74. The molecule has 1 saturated heterocycles. The number of anilines is 1. The van der Waals surface area contributed by atoms with Gasteiger partial charge >= 0.3 is 0 Å². The van der Waals surface area contributed by atoms with Gasteiger partial charge in [-0.1, -0.05) is 0 Å². The van der Waals surface area contributed by atoms with Gasteiger partial charge in [0.05, 0.1) is 11.5 Å². The second-order valence-electron chi connectivity index (χ2n) is 5.11. The second-order valence-corrected chi connectivity index (χ2v) is 5.11. The first kappa shape index (κ1) is 15.2. The van der Waals surface area contributed by atoms with Gasteiger partial charge in [-0.15, -0.1) is 0 Å². The number of carbonyl (C=O) groups excluding carboxylic acids is 1. The molecule has 1 aliphatic heterocycles. The fraction of sp³-hybridized carbons (Fsp3) is 0.500. The van der Waals surface area contributed by atoms with Crippen molar-refractivity contribution in [3.63, 3.8) is 0 Å². The third-order valence-corrected chi connectivity index (χ3v) is 3.65. The van der Waals surface area contributed by atoms with E-state index in [1.807, 2.05) is 4.90 Å². The van der Waals surface area contributed by atoms with E-state index in [0.717, 1.165) is 25.9 Å². The van der Waals surface area contributed by atoms with E-state index in [0.29, 0.717) is 5.69 Å².